The van der Waals surface area contributed by atoms with Gasteiger partial charge in [-0.3, -0.25) is 9.58 Å². The summed E-state index contributed by atoms with van der Waals surface area (Å²) >= 11 is 0. The van der Waals surface area contributed by atoms with Crippen molar-refractivity contribution < 1.29 is 21.6 Å². The lowest BCUT2D eigenvalue weighted by Crippen LogP contribution is -2.51. The van der Waals surface area contributed by atoms with E-state index in [-0.39, 0.29) is 11.3 Å². The highest BCUT2D eigenvalue weighted by Crippen LogP contribution is 2.44. The lowest BCUT2D eigenvalue weighted by atomic mass is 9.83. The van der Waals surface area contributed by atoms with E-state index < -0.39 is 21.7 Å². The van der Waals surface area contributed by atoms with Crippen molar-refractivity contribution >= 4 is 9.84 Å². The van der Waals surface area contributed by atoms with E-state index in [9.17, 15) is 21.6 Å². The monoisotopic (exact) mass is 405 g/mol. The summed E-state index contributed by atoms with van der Waals surface area (Å²) in [6.45, 7) is 4.05. The molecular weight excluding hydrogens is 379 g/mol. The topological polar surface area (TPSA) is 55.2 Å². The van der Waals surface area contributed by atoms with E-state index in [1.54, 1.807) is 0 Å². The second kappa shape index (κ2) is 6.47. The Bertz CT molecular complexity index is 798. The number of halogens is 3. The Hall–Kier alpha value is -1.09. The van der Waals surface area contributed by atoms with Crippen molar-refractivity contribution in [2.75, 3.05) is 24.6 Å². The average Bonchev–Trinajstić information content (AvgIpc) is 3.18. The summed E-state index contributed by atoms with van der Waals surface area (Å²) in [7, 11) is -2.82. The quantitative estimate of drug-likeness (QED) is 0.776. The SMILES string of the molecule is CCn1nc(C(F)(F)F)cc1[C@H]1CC[C@H](N2CCC3(C2)CS(=O)(=O)C3)CC1. The minimum absolute atomic E-state index is 0.0296. The van der Waals surface area contributed by atoms with E-state index in [2.05, 4.69) is 10.00 Å². The Morgan fingerprint density at radius 1 is 1.22 bits per heavy atom. The second-order valence-corrected chi connectivity index (χ2v) is 10.6. The number of hydrogen-bond donors (Lipinski definition) is 0. The zero-order valence-corrected chi connectivity index (χ0v) is 16.3. The van der Waals surface area contributed by atoms with Gasteiger partial charge in [-0.05, 0) is 51.6 Å². The summed E-state index contributed by atoms with van der Waals surface area (Å²) in [5.41, 5.74) is -0.126. The van der Waals surface area contributed by atoms with Crippen LogP contribution in [0, 0.1) is 5.41 Å². The van der Waals surface area contributed by atoms with Gasteiger partial charge in [-0.15, -0.1) is 0 Å². The Labute approximate surface area is 157 Å². The van der Waals surface area contributed by atoms with Gasteiger partial charge in [-0.2, -0.15) is 18.3 Å². The molecule has 3 heterocycles. The zero-order chi connectivity index (χ0) is 19.4. The van der Waals surface area contributed by atoms with Gasteiger partial charge >= 0.3 is 6.18 Å². The molecule has 3 aliphatic rings. The van der Waals surface area contributed by atoms with Crippen LogP contribution >= 0.6 is 0 Å². The highest BCUT2D eigenvalue weighted by molar-refractivity contribution is 7.92. The summed E-state index contributed by atoms with van der Waals surface area (Å²) in [5.74, 6) is 0.759. The summed E-state index contributed by atoms with van der Waals surface area (Å²) in [6.07, 6.45) is 0.154. The van der Waals surface area contributed by atoms with Crippen LogP contribution in [0.2, 0.25) is 0 Å². The lowest BCUT2D eigenvalue weighted by Gasteiger charge is -2.40. The molecule has 0 bridgehead atoms. The Balaban J connectivity index is 1.38. The van der Waals surface area contributed by atoms with Gasteiger partial charge in [0, 0.05) is 36.2 Å². The predicted octanol–water partition coefficient (Wildman–Crippen LogP) is 3.07. The fraction of sp³-hybridized carbons (Fsp3) is 0.833. The predicted molar refractivity (Wildman–Crippen MR) is 95.2 cm³/mol. The van der Waals surface area contributed by atoms with Crippen LogP contribution in [0.15, 0.2) is 6.07 Å². The number of alkyl halides is 3. The van der Waals surface area contributed by atoms with Crippen LogP contribution in [0.25, 0.3) is 0 Å². The number of rotatable bonds is 3. The van der Waals surface area contributed by atoms with Gasteiger partial charge < -0.3 is 0 Å². The molecule has 3 fully saturated rings. The van der Waals surface area contributed by atoms with Crippen LogP contribution in [0.4, 0.5) is 13.2 Å². The molecule has 0 atom stereocenters. The molecule has 1 aromatic heterocycles. The largest absolute Gasteiger partial charge is 0.435 e. The van der Waals surface area contributed by atoms with Crippen LogP contribution in [-0.4, -0.2) is 53.7 Å². The number of nitrogens with zero attached hydrogens (tertiary/aromatic N) is 3. The van der Waals surface area contributed by atoms with E-state index in [0.29, 0.717) is 29.8 Å². The molecule has 1 spiro atoms. The van der Waals surface area contributed by atoms with Crippen LogP contribution in [0.1, 0.15) is 56.3 Å². The fourth-order valence-corrected chi connectivity index (χ4v) is 7.55. The molecule has 27 heavy (non-hydrogen) atoms. The van der Waals surface area contributed by atoms with Crippen LogP contribution < -0.4 is 0 Å². The van der Waals surface area contributed by atoms with Crippen LogP contribution in [0.5, 0.6) is 0 Å². The van der Waals surface area contributed by atoms with Crippen molar-refractivity contribution in [3.8, 4) is 0 Å². The van der Waals surface area contributed by atoms with Gasteiger partial charge in [0.2, 0.25) is 0 Å². The Kier molecular flexibility index (Phi) is 4.61. The molecule has 1 saturated carbocycles. The molecule has 5 nitrogen and oxygen atoms in total. The van der Waals surface area contributed by atoms with Crippen molar-refractivity contribution in [3.63, 3.8) is 0 Å². The summed E-state index contributed by atoms with van der Waals surface area (Å²) in [4.78, 5) is 2.42. The minimum Gasteiger partial charge on any atom is -0.300 e. The molecule has 0 unspecified atom stereocenters. The van der Waals surface area contributed by atoms with Gasteiger partial charge in [0.05, 0.1) is 11.5 Å². The molecule has 1 aromatic rings. The third kappa shape index (κ3) is 3.64. The number of sulfone groups is 1. The van der Waals surface area contributed by atoms with Gasteiger partial charge in [-0.1, -0.05) is 0 Å². The third-order valence-electron chi connectivity index (χ3n) is 6.55. The maximum Gasteiger partial charge on any atom is 0.435 e. The van der Waals surface area contributed by atoms with Crippen LogP contribution in [0.3, 0.4) is 0 Å². The van der Waals surface area contributed by atoms with E-state index in [4.69, 9.17) is 0 Å². The standard InChI is InChI=1S/C18H26F3N3O2S/c1-2-24-15(9-16(22-24)18(19,20)21)13-3-5-14(6-4-13)23-8-7-17(10-23)11-27(25,26)12-17/h9,13-14H,2-8,10-12H2,1H3/t13-,14-. The maximum absolute atomic E-state index is 13.0. The molecule has 2 saturated heterocycles. The number of likely N-dealkylation sites (tertiary alicyclic amines) is 1. The first-order valence-electron chi connectivity index (χ1n) is 9.70. The highest BCUT2D eigenvalue weighted by atomic mass is 32.2. The lowest BCUT2D eigenvalue weighted by molar-refractivity contribution is -0.141. The first kappa shape index (κ1) is 19.2. The van der Waals surface area contributed by atoms with Gasteiger partial charge in [0.15, 0.2) is 15.5 Å². The zero-order valence-electron chi connectivity index (χ0n) is 15.5. The van der Waals surface area contributed by atoms with Gasteiger partial charge in [0.1, 0.15) is 0 Å². The number of aromatic nitrogens is 2. The van der Waals surface area contributed by atoms with E-state index in [1.807, 2.05) is 6.92 Å². The molecular formula is C18H26F3N3O2S. The van der Waals surface area contributed by atoms with E-state index in [0.717, 1.165) is 45.2 Å². The van der Waals surface area contributed by atoms with Crippen molar-refractivity contribution in [2.24, 2.45) is 5.41 Å². The fourth-order valence-electron chi connectivity index (χ4n) is 5.30. The molecule has 4 rings (SSSR count). The summed E-state index contributed by atoms with van der Waals surface area (Å²) in [5, 5.41) is 3.75. The molecule has 1 aliphatic carbocycles. The molecule has 0 radical (unpaired) electrons. The molecule has 0 amide bonds. The average molecular weight is 405 g/mol. The number of aryl methyl sites for hydroxylation is 1. The minimum atomic E-state index is -4.40. The first-order valence-corrected chi connectivity index (χ1v) is 11.5. The maximum atomic E-state index is 13.0. The normalized spacial score (nSPS) is 30.5. The van der Waals surface area contributed by atoms with Crippen molar-refractivity contribution in [1.29, 1.82) is 0 Å². The summed E-state index contributed by atoms with van der Waals surface area (Å²) < 4.78 is 63.6. The van der Waals surface area contributed by atoms with Crippen molar-refractivity contribution in [3.05, 3.63) is 17.5 Å². The third-order valence-corrected chi connectivity index (χ3v) is 8.66. The second-order valence-electron chi connectivity index (χ2n) is 8.53. The molecule has 9 heteroatoms. The smallest absolute Gasteiger partial charge is 0.300 e. The molecule has 0 aromatic carbocycles. The van der Waals surface area contributed by atoms with E-state index in [1.165, 1.54) is 10.7 Å². The van der Waals surface area contributed by atoms with Crippen molar-refractivity contribution in [1.82, 2.24) is 14.7 Å². The Morgan fingerprint density at radius 3 is 2.44 bits per heavy atom. The van der Waals surface area contributed by atoms with Gasteiger partial charge in [-0.25, -0.2) is 8.42 Å². The molecule has 0 N–H and O–H groups in total. The molecule has 2 aliphatic heterocycles. The first-order chi connectivity index (χ1) is 12.6. The highest BCUT2D eigenvalue weighted by Gasteiger charge is 2.53. The van der Waals surface area contributed by atoms with Crippen molar-refractivity contribution in [2.45, 2.75) is 63.7 Å². The molecule has 152 valence electrons. The summed E-state index contributed by atoms with van der Waals surface area (Å²) in [6, 6.07) is 1.64. The number of hydrogen-bond acceptors (Lipinski definition) is 4. The Morgan fingerprint density at radius 2 is 1.89 bits per heavy atom. The van der Waals surface area contributed by atoms with E-state index >= 15 is 0 Å². The van der Waals surface area contributed by atoms with Crippen LogP contribution in [-0.2, 0) is 22.6 Å². The van der Waals surface area contributed by atoms with Gasteiger partial charge in [0.25, 0.3) is 0 Å².